The van der Waals surface area contributed by atoms with Gasteiger partial charge in [-0.3, -0.25) is 4.79 Å². The Morgan fingerprint density at radius 3 is 2.48 bits per heavy atom. The van der Waals surface area contributed by atoms with Crippen molar-refractivity contribution in [3.63, 3.8) is 0 Å². The number of alkyl halides is 2. The molecule has 0 amide bonds. The predicted molar refractivity (Wildman–Crippen MR) is 101 cm³/mol. The van der Waals surface area contributed by atoms with Crippen LogP contribution >= 0.6 is 31.9 Å². The number of aryl methyl sites for hydroxylation is 2. The van der Waals surface area contributed by atoms with E-state index in [4.69, 9.17) is 0 Å². The SMILES string of the molecule is Cc1ccc([C@H]2C(Br)(Br)[C@@]23CCCc2ccccc2C3=O)cc1. The van der Waals surface area contributed by atoms with Crippen molar-refractivity contribution in [2.75, 3.05) is 0 Å². The molecule has 0 heterocycles. The third-order valence-corrected chi connectivity index (χ3v) is 7.79. The van der Waals surface area contributed by atoms with E-state index in [9.17, 15) is 4.79 Å². The summed E-state index contributed by atoms with van der Waals surface area (Å²) in [5.41, 5.74) is 4.20. The third kappa shape index (κ3) is 2.12. The van der Waals surface area contributed by atoms with Crippen LogP contribution in [-0.4, -0.2) is 9.02 Å². The number of halogens is 2. The lowest BCUT2D eigenvalue weighted by Gasteiger charge is -2.15. The monoisotopic (exact) mass is 432 g/mol. The number of ketones is 1. The van der Waals surface area contributed by atoms with Crippen LogP contribution in [0.3, 0.4) is 0 Å². The highest BCUT2D eigenvalue weighted by Crippen LogP contribution is 2.79. The van der Waals surface area contributed by atoms with E-state index in [1.165, 1.54) is 16.7 Å². The van der Waals surface area contributed by atoms with E-state index in [0.29, 0.717) is 0 Å². The zero-order chi connectivity index (χ0) is 16.2. The van der Waals surface area contributed by atoms with Gasteiger partial charge in [-0.25, -0.2) is 0 Å². The Morgan fingerprint density at radius 1 is 1.04 bits per heavy atom. The number of Topliss-reactive ketones (excluding diaryl/α,β-unsaturated/α-hetero) is 1. The molecule has 0 saturated heterocycles. The average molecular weight is 434 g/mol. The molecule has 2 atom stereocenters. The summed E-state index contributed by atoms with van der Waals surface area (Å²) in [6, 6.07) is 16.7. The van der Waals surface area contributed by atoms with E-state index in [0.717, 1.165) is 24.8 Å². The average Bonchev–Trinajstić information content (AvgIpc) is 3.09. The van der Waals surface area contributed by atoms with Gasteiger partial charge >= 0.3 is 0 Å². The Kier molecular flexibility index (Phi) is 3.58. The van der Waals surface area contributed by atoms with Gasteiger partial charge in [0.2, 0.25) is 0 Å². The normalized spacial score (nSPS) is 28.3. The van der Waals surface area contributed by atoms with Crippen LogP contribution in [0.4, 0.5) is 0 Å². The van der Waals surface area contributed by atoms with Crippen molar-refractivity contribution in [3.8, 4) is 0 Å². The molecule has 2 aliphatic rings. The Labute approximate surface area is 153 Å². The molecule has 0 aromatic heterocycles. The minimum Gasteiger partial charge on any atom is -0.293 e. The standard InChI is InChI=1S/C20H18Br2O/c1-13-8-10-15(11-9-13)17-19(20(17,21)22)12-4-6-14-5-2-3-7-16(14)18(19)23/h2-3,5,7-11,17H,4,6,12H2,1H3/t17-,19+/m1/s1. The molecular formula is C20H18Br2O. The van der Waals surface area contributed by atoms with Gasteiger partial charge in [0.1, 0.15) is 3.23 Å². The summed E-state index contributed by atoms with van der Waals surface area (Å²) in [6.07, 6.45) is 2.94. The van der Waals surface area contributed by atoms with E-state index >= 15 is 0 Å². The number of hydrogen-bond acceptors (Lipinski definition) is 1. The fourth-order valence-corrected chi connectivity index (χ4v) is 6.47. The highest BCUT2D eigenvalue weighted by molar-refractivity contribution is 9.25. The number of carbonyl (C=O) groups excluding carboxylic acids is 1. The first-order chi connectivity index (χ1) is 11.0. The summed E-state index contributed by atoms with van der Waals surface area (Å²) in [6.45, 7) is 2.09. The van der Waals surface area contributed by atoms with Crippen LogP contribution in [0.15, 0.2) is 48.5 Å². The molecule has 1 fully saturated rings. The summed E-state index contributed by atoms with van der Waals surface area (Å²) >= 11 is 7.70. The first-order valence-electron chi connectivity index (χ1n) is 8.05. The van der Waals surface area contributed by atoms with Crippen molar-refractivity contribution in [1.82, 2.24) is 0 Å². The van der Waals surface area contributed by atoms with Gasteiger partial charge in [-0.2, -0.15) is 0 Å². The predicted octanol–water partition coefficient (Wildman–Crippen LogP) is 5.78. The molecule has 23 heavy (non-hydrogen) atoms. The Balaban J connectivity index is 1.81. The lowest BCUT2D eigenvalue weighted by molar-refractivity contribution is 0.0890. The van der Waals surface area contributed by atoms with Crippen LogP contribution in [-0.2, 0) is 6.42 Å². The van der Waals surface area contributed by atoms with Gasteiger partial charge < -0.3 is 0 Å². The van der Waals surface area contributed by atoms with Gasteiger partial charge in [-0.05, 0) is 37.3 Å². The maximum absolute atomic E-state index is 13.4. The number of benzene rings is 2. The molecule has 3 heteroatoms. The maximum atomic E-state index is 13.4. The van der Waals surface area contributed by atoms with E-state index < -0.39 is 0 Å². The Hall–Kier alpha value is -0.930. The minimum atomic E-state index is -0.380. The molecule has 2 aliphatic carbocycles. The Bertz CT molecular complexity index is 778. The largest absolute Gasteiger partial charge is 0.293 e. The molecule has 0 N–H and O–H groups in total. The molecule has 0 bridgehead atoms. The summed E-state index contributed by atoms with van der Waals surface area (Å²) in [7, 11) is 0. The number of hydrogen-bond donors (Lipinski definition) is 0. The molecular weight excluding hydrogens is 416 g/mol. The van der Waals surface area contributed by atoms with Crippen LogP contribution in [0.1, 0.15) is 45.8 Å². The third-order valence-electron chi connectivity index (χ3n) is 5.46. The molecule has 4 rings (SSSR count). The van der Waals surface area contributed by atoms with Gasteiger partial charge in [0.05, 0.1) is 5.41 Å². The first kappa shape index (κ1) is 15.6. The van der Waals surface area contributed by atoms with E-state index in [1.54, 1.807) is 0 Å². The van der Waals surface area contributed by atoms with Gasteiger partial charge in [-0.15, -0.1) is 0 Å². The molecule has 2 aromatic rings. The smallest absolute Gasteiger partial charge is 0.172 e. The van der Waals surface area contributed by atoms with Crippen molar-refractivity contribution in [2.45, 2.75) is 35.3 Å². The van der Waals surface area contributed by atoms with E-state index in [1.807, 2.05) is 18.2 Å². The molecule has 2 aromatic carbocycles. The fraction of sp³-hybridized carbons (Fsp3) is 0.350. The van der Waals surface area contributed by atoms with Crippen molar-refractivity contribution in [3.05, 3.63) is 70.8 Å². The Morgan fingerprint density at radius 2 is 1.74 bits per heavy atom. The van der Waals surface area contributed by atoms with Crippen molar-refractivity contribution in [2.24, 2.45) is 5.41 Å². The van der Waals surface area contributed by atoms with Crippen LogP contribution in [0.25, 0.3) is 0 Å². The minimum absolute atomic E-state index is 0.175. The highest BCUT2D eigenvalue weighted by Gasteiger charge is 2.78. The zero-order valence-electron chi connectivity index (χ0n) is 13.0. The molecule has 0 unspecified atom stereocenters. The summed E-state index contributed by atoms with van der Waals surface area (Å²) in [4.78, 5) is 13.4. The second-order valence-corrected chi connectivity index (χ2v) is 10.3. The van der Waals surface area contributed by atoms with Crippen LogP contribution in [0.5, 0.6) is 0 Å². The quantitative estimate of drug-likeness (QED) is 0.520. The second kappa shape index (κ2) is 5.29. The maximum Gasteiger partial charge on any atom is 0.172 e. The lowest BCUT2D eigenvalue weighted by Crippen LogP contribution is -2.21. The van der Waals surface area contributed by atoms with Gasteiger partial charge in [0.25, 0.3) is 0 Å². The van der Waals surface area contributed by atoms with Crippen molar-refractivity contribution < 1.29 is 4.79 Å². The summed E-state index contributed by atoms with van der Waals surface area (Å²) < 4.78 is -0.337. The number of carbonyl (C=O) groups is 1. The van der Waals surface area contributed by atoms with Gasteiger partial charge in [0.15, 0.2) is 5.78 Å². The van der Waals surface area contributed by atoms with E-state index in [-0.39, 0.29) is 20.3 Å². The topological polar surface area (TPSA) is 17.1 Å². The lowest BCUT2D eigenvalue weighted by atomic mass is 9.87. The molecule has 1 saturated carbocycles. The molecule has 118 valence electrons. The van der Waals surface area contributed by atoms with Crippen molar-refractivity contribution >= 4 is 37.6 Å². The first-order valence-corrected chi connectivity index (χ1v) is 9.64. The molecule has 1 spiro atoms. The number of rotatable bonds is 1. The summed E-state index contributed by atoms with van der Waals surface area (Å²) in [5.74, 6) is 0.458. The van der Waals surface area contributed by atoms with Crippen LogP contribution < -0.4 is 0 Å². The van der Waals surface area contributed by atoms with Crippen LogP contribution in [0, 0.1) is 12.3 Å². The molecule has 0 radical (unpaired) electrons. The number of fused-ring (bicyclic) bond motifs is 1. The van der Waals surface area contributed by atoms with Gasteiger partial charge in [-0.1, -0.05) is 86.0 Å². The highest BCUT2D eigenvalue weighted by atomic mass is 79.9. The van der Waals surface area contributed by atoms with Crippen LogP contribution in [0.2, 0.25) is 0 Å². The summed E-state index contributed by atoms with van der Waals surface area (Å²) in [5, 5.41) is 0. The second-order valence-electron chi connectivity index (χ2n) is 6.78. The van der Waals surface area contributed by atoms with Gasteiger partial charge in [0, 0.05) is 11.5 Å². The fourth-order valence-electron chi connectivity index (χ4n) is 4.17. The molecule has 0 aliphatic heterocycles. The van der Waals surface area contributed by atoms with Crippen molar-refractivity contribution in [1.29, 1.82) is 0 Å². The molecule has 1 nitrogen and oxygen atoms in total. The zero-order valence-corrected chi connectivity index (χ0v) is 16.2. The van der Waals surface area contributed by atoms with E-state index in [2.05, 4.69) is 69.1 Å².